The highest BCUT2D eigenvalue weighted by Crippen LogP contribution is 2.19. The molecule has 2 heterocycles. The molecule has 6 nitrogen and oxygen atoms in total. The number of nitrogens with one attached hydrogen (secondary N) is 2. The van der Waals surface area contributed by atoms with Gasteiger partial charge in [-0.05, 0) is 56.5 Å². The van der Waals surface area contributed by atoms with Gasteiger partial charge in [-0.3, -0.25) is 9.69 Å². The minimum absolute atomic E-state index is 0. The van der Waals surface area contributed by atoms with E-state index in [0.29, 0.717) is 6.54 Å². The molecule has 0 spiro atoms. The second kappa shape index (κ2) is 13.0. The molecule has 1 aromatic heterocycles. The molecule has 1 aliphatic heterocycles. The number of nitrogens with zero attached hydrogens (tertiary/aromatic N) is 2. The molecule has 170 valence electrons. The van der Waals surface area contributed by atoms with Crippen molar-refractivity contribution in [3.8, 4) is 0 Å². The van der Waals surface area contributed by atoms with Crippen molar-refractivity contribution in [1.29, 1.82) is 0 Å². The third-order valence-electron chi connectivity index (χ3n) is 5.30. The van der Waals surface area contributed by atoms with Crippen LogP contribution in [0.2, 0.25) is 0 Å². The summed E-state index contributed by atoms with van der Waals surface area (Å²) in [5.74, 6) is 0.630. The average Bonchev–Trinajstić information content (AvgIpc) is 3.16. The summed E-state index contributed by atoms with van der Waals surface area (Å²) in [5.41, 5.74) is 7.94. The summed E-state index contributed by atoms with van der Waals surface area (Å²) >= 11 is 1.80. The van der Waals surface area contributed by atoms with E-state index in [1.54, 1.807) is 11.3 Å². The van der Waals surface area contributed by atoms with Crippen LogP contribution in [0, 0.1) is 12.8 Å². The Morgan fingerprint density at radius 2 is 2.06 bits per heavy atom. The third-order valence-corrected chi connectivity index (χ3v) is 6.30. The molecule has 1 aliphatic rings. The van der Waals surface area contributed by atoms with Gasteiger partial charge < -0.3 is 16.4 Å². The summed E-state index contributed by atoms with van der Waals surface area (Å²) in [4.78, 5) is 21.2. The topological polar surface area (TPSA) is 82.8 Å². The Balaban J connectivity index is 0.00000341. The highest BCUT2D eigenvalue weighted by molar-refractivity contribution is 14.0. The lowest BCUT2D eigenvalue weighted by Gasteiger charge is -2.31. The number of guanidine groups is 1. The number of carbonyl (C=O) groups is 1. The number of primary amides is 1. The molecule has 1 aromatic carbocycles. The van der Waals surface area contributed by atoms with Gasteiger partial charge in [0.25, 0.3) is 0 Å². The second-order valence-corrected chi connectivity index (χ2v) is 9.23. The van der Waals surface area contributed by atoms with Crippen LogP contribution in [0.4, 0.5) is 0 Å². The largest absolute Gasteiger partial charge is 0.369 e. The van der Waals surface area contributed by atoms with Gasteiger partial charge in [-0.15, -0.1) is 35.3 Å². The fourth-order valence-corrected chi connectivity index (χ4v) is 4.61. The van der Waals surface area contributed by atoms with Crippen molar-refractivity contribution >= 4 is 47.2 Å². The van der Waals surface area contributed by atoms with Crippen LogP contribution in [0.15, 0.2) is 41.4 Å². The molecule has 0 bridgehead atoms. The number of thiophene rings is 1. The number of halogens is 1. The van der Waals surface area contributed by atoms with Crippen LogP contribution in [0.1, 0.15) is 40.6 Å². The van der Waals surface area contributed by atoms with Crippen LogP contribution in [0.25, 0.3) is 0 Å². The number of amides is 1. The molecule has 1 fully saturated rings. The molecule has 0 saturated carbocycles. The molecule has 1 amide bonds. The number of hydrogen-bond acceptors (Lipinski definition) is 4. The Morgan fingerprint density at radius 1 is 1.26 bits per heavy atom. The number of aryl methyl sites for hydroxylation is 1. The van der Waals surface area contributed by atoms with Crippen LogP contribution < -0.4 is 16.4 Å². The lowest BCUT2D eigenvalue weighted by atomic mass is 9.97. The van der Waals surface area contributed by atoms with Gasteiger partial charge in [-0.25, -0.2) is 4.99 Å². The minimum Gasteiger partial charge on any atom is -0.369 e. The number of rotatable bonds is 8. The van der Waals surface area contributed by atoms with E-state index in [9.17, 15) is 4.79 Å². The molecule has 0 aliphatic carbocycles. The van der Waals surface area contributed by atoms with Crippen LogP contribution >= 0.6 is 35.3 Å². The van der Waals surface area contributed by atoms with Gasteiger partial charge in [-0.1, -0.05) is 24.3 Å². The van der Waals surface area contributed by atoms with Crippen molar-refractivity contribution in [2.45, 2.75) is 46.3 Å². The zero-order valence-corrected chi connectivity index (χ0v) is 21.5. The molecular weight excluding hydrogens is 521 g/mol. The smallest absolute Gasteiger partial charge is 0.221 e. The fraction of sp³-hybridized carbons (Fsp3) is 0.478. The predicted octanol–water partition coefficient (Wildman–Crippen LogP) is 3.63. The molecule has 31 heavy (non-hydrogen) atoms. The number of aliphatic imine (C=N–C) groups is 1. The molecular formula is C23H34IN5OS. The van der Waals surface area contributed by atoms with Crippen LogP contribution in [0.3, 0.4) is 0 Å². The van der Waals surface area contributed by atoms with E-state index in [1.165, 1.54) is 20.9 Å². The first-order chi connectivity index (χ1) is 14.5. The maximum atomic E-state index is 11.5. The van der Waals surface area contributed by atoms with Gasteiger partial charge in [0.2, 0.25) is 5.91 Å². The third kappa shape index (κ3) is 8.42. The summed E-state index contributed by atoms with van der Waals surface area (Å²) in [6, 6.07) is 12.9. The molecule has 3 rings (SSSR count). The number of likely N-dealkylation sites (tertiary alicyclic amines) is 1. The average molecular weight is 556 g/mol. The van der Waals surface area contributed by atoms with E-state index < -0.39 is 0 Å². The van der Waals surface area contributed by atoms with Crippen molar-refractivity contribution in [1.82, 2.24) is 15.5 Å². The number of benzene rings is 1. The first kappa shape index (κ1) is 25.6. The molecule has 4 N–H and O–H groups in total. The van der Waals surface area contributed by atoms with Gasteiger partial charge >= 0.3 is 0 Å². The molecule has 1 saturated heterocycles. The van der Waals surface area contributed by atoms with Crippen LogP contribution in [0.5, 0.6) is 0 Å². The summed E-state index contributed by atoms with van der Waals surface area (Å²) in [6.45, 7) is 9.04. The Morgan fingerprint density at radius 3 is 2.77 bits per heavy atom. The highest BCUT2D eigenvalue weighted by Gasteiger charge is 2.23. The Hall–Kier alpha value is -1.65. The first-order valence-electron chi connectivity index (χ1n) is 10.7. The van der Waals surface area contributed by atoms with Gasteiger partial charge in [0.15, 0.2) is 5.96 Å². The SMILES string of the molecule is CCNC(=NCc1cccc(CN2CCCC(C(N)=O)C2)c1)NCc1ccc(C)s1.I. The van der Waals surface area contributed by atoms with Gasteiger partial charge in [0.1, 0.15) is 0 Å². The molecule has 2 aromatic rings. The van der Waals surface area contributed by atoms with E-state index in [2.05, 4.69) is 65.8 Å². The summed E-state index contributed by atoms with van der Waals surface area (Å²) in [6.07, 6.45) is 1.94. The molecule has 8 heteroatoms. The zero-order chi connectivity index (χ0) is 21.3. The van der Waals surface area contributed by atoms with Crippen LogP contribution in [-0.4, -0.2) is 36.4 Å². The summed E-state index contributed by atoms with van der Waals surface area (Å²) < 4.78 is 0. The van der Waals surface area contributed by atoms with Crippen molar-refractivity contribution in [3.05, 3.63) is 57.3 Å². The Labute approximate surface area is 206 Å². The number of carbonyl (C=O) groups excluding carboxylic acids is 1. The lowest BCUT2D eigenvalue weighted by Crippen LogP contribution is -2.40. The summed E-state index contributed by atoms with van der Waals surface area (Å²) in [5, 5.41) is 6.73. The van der Waals surface area contributed by atoms with Crippen LogP contribution in [-0.2, 0) is 24.4 Å². The fourth-order valence-electron chi connectivity index (χ4n) is 3.78. The Kier molecular flexibility index (Phi) is 10.8. The Bertz CT molecular complexity index is 869. The monoisotopic (exact) mass is 555 g/mol. The lowest BCUT2D eigenvalue weighted by molar-refractivity contribution is -0.123. The first-order valence-corrected chi connectivity index (χ1v) is 11.5. The maximum absolute atomic E-state index is 11.5. The van der Waals surface area contributed by atoms with E-state index in [4.69, 9.17) is 10.7 Å². The number of nitrogens with two attached hydrogens (primary N) is 1. The standard InChI is InChI=1S/C23H33N5OS.HI/c1-3-25-23(27-14-21-10-9-17(2)30-21)26-13-18-6-4-7-19(12-18)15-28-11-5-8-20(16-28)22(24)29;/h4,6-7,9-10,12,20H,3,5,8,11,13-16H2,1-2H3,(H2,24,29)(H2,25,26,27);1H. The van der Waals surface area contributed by atoms with Crippen molar-refractivity contribution in [2.24, 2.45) is 16.6 Å². The molecule has 1 atom stereocenters. The van der Waals surface area contributed by atoms with Gasteiger partial charge in [0, 0.05) is 29.4 Å². The number of piperidine rings is 1. The second-order valence-electron chi connectivity index (χ2n) is 7.86. The van der Waals surface area contributed by atoms with E-state index in [1.807, 2.05) is 0 Å². The summed E-state index contributed by atoms with van der Waals surface area (Å²) in [7, 11) is 0. The van der Waals surface area contributed by atoms with Crippen molar-refractivity contribution < 1.29 is 4.79 Å². The molecule has 0 radical (unpaired) electrons. The number of hydrogen-bond donors (Lipinski definition) is 3. The van der Waals surface area contributed by atoms with E-state index in [0.717, 1.165) is 51.5 Å². The van der Waals surface area contributed by atoms with E-state index in [-0.39, 0.29) is 35.8 Å². The van der Waals surface area contributed by atoms with Crippen molar-refractivity contribution in [3.63, 3.8) is 0 Å². The van der Waals surface area contributed by atoms with E-state index >= 15 is 0 Å². The van der Waals surface area contributed by atoms with Gasteiger partial charge in [-0.2, -0.15) is 0 Å². The predicted molar refractivity (Wildman–Crippen MR) is 140 cm³/mol. The zero-order valence-electron chi connectivity index (χ0n) is 18.4. The van der Waals surface area contributed by atoms with Gasteiger partial charge in [0.05, 0.1) is 19.0 Å². The quantitative estimate of drug-likeness (QED) is 0.264. The minimum atomic E-state index is -0.177. The normalized spacial score (nSPS) is 17.1. The highest BCUT2D eigenvalue weighted by atomic mass is 127. The maximum Gasteiger partial charge on any atom is 0.221 e. The molecule has 1 unspecified atom stereocenters. The van der Waals surface area contributed by atoms with Crippen molar-refractivity contribution in [2.75, 3.05) is 19.6 Å².